The van der Waals surface area contributed by atoms with Crippen LogP contribution in [0.25, 0.3) is 0 Å². The highest BCUT2D eigenvalue weighted by molar-refractivity contribution is 6.30. The highest BCUT2D eigenvalue weighted by atomic mass is 35.5. The lowest BCUT2D eigenvalue weighted by Crippen LogP contribution is -2.66. The van der Waals surface area contributed by atoms with Crippen LogP contribution in [0, 0.1) is 41.5 Å². The van der Waals surface area contributed by atoms with Crippen molar-refractivity contribution >= 4 is 29.2 Å². The van der Waals surface area contributed by atoms with E-state index in [0.717, 1.165) is 44.5 Å². The Balaban J connectivity index is 1.46. The molecule has 9 heteroatoms. The second-order valence-corrected chi connectivity index (χ2v) is 12.0. The van der Waals surface area contributed by atoms with E-state index >= 15 is 0 Å². The van der Waals surface area contributed by atoms with Gasteiger partial charge in [0.2, 0.25) is 11.7 Å². The first kappa shape index (κ1) is 28.0. The van der Waals surface area contributed by atoms with Gasteiger partial charge in [-0.3, -0.25) is 0 Å². The molecule has 3 aliphatic heterocycles. The molecule has 0 aliphatic carbocycles. The molecule has 0 amide bonds. The van der Waals surface area contributed by atoms with Gasteiger partial charge < -0.3 is 19.1 Å². The summed E-state index contributed by atoms with van der Waals surface area (Å²) in [6.45, 7) is 12.3. The number of halogens is 1. The normalized spacial score (nSPS) is 21.9. The summed E-state index contributed by atoms with van der Waals surface area (Å²) in [5, 5.41) is 16.5. The summed E-state index contributed by atoms with van der Waals surface area (Å²) in [7, 11) is 0. The van der Waals surface area contributed by atoms with Crippen molar-refractivity contribution in [3.8, 4) is 0 Å². The zero-order valence-corrected chi connectivity index (χ0v) is 26.1. The van der Waals surface area contributed by atoms with Gasteiger partial charge in [-0.25, -0.2) is 0 Å². The van der Waals surface area contributed by atoms with Crippen LogP contribution in [0.5, 0.6) is 0 Å². The minimum Gasteiger partial charge on any atom is -0.394 e. The van der Waals surface area contributed by atoms with E-state index in [-0.39, 0.29) is 11.8 Å². The second-order valence-electron chi connectivity index (χ2n) is 11.5. The summed E-state index contributed by atoms with van der Waals surface area (Å²) in [6.07, 6.45) is 0. The van der Waals surface area contributed by atoms with E-state index in [2.05, 4.69) is 48.4 Å². The van der Waals surface area contributed by atoms with Crippen molar-refractivity contribution in [2.75, 3.05) is 0 Å². The number of fused-ring (bicyclic) bond motifs is 2. The van der Waals surface area contributed by atoms with Crippen molar-refractivity contribution in [1.29, 1.82) is 0 Å². The number of oxime groups is 2. The number of hydrogen-bond acceptors (Lipinski definition) is 8. The lowest BCUT2D eigenvalue weighted by atomic mass is 9.95. The van der Waals surface area contributed by atoms with E-state index in [1.807, 2.05) is 70.2 Å². The Labute approximate surface area is 261 Å². The topological polar surface area (TPSA) is 77.2 Å². The molecule has 0 aromatic heterocycles. The summed E-state index contributed by atoms with van der Waals surface area (Å²) in [5.41, 5.74) is 7.65. The molecule has 3 heterocycles. The Kier molecular flexibility index (Phi) is 6.44. The van der Waals surface area contributed by atoms with Crippen molar-refractivity contribution in [1.82, 2.24) is 5.01 Å². The number of hydrazone groups is 1. The highest BCUT2D eigenvalue weighted by Crippen LogP contribution is 2.53. The average molecular weight is 607 g/mol. The summed E-state index contributed by atoms with van der Waals surface area (Å²) >= 11 is 6.24. The molecule has 3 aliphatic rings. The molecule has 0 saturated heterocycles. The van der Waals surface area contributed by atoms with Gasteiger partial charge in [0, 0.05) is 27.3 Å². The molecule has 4 aromatic carbocycles. The third-order valence-electron chi connectivity index (χ3n) is 8.13. The predicted molar refractivity (Wildman–Crippen MR) is 169 cm³/mol. The number of aryl methyl sites for hydroxylation is 6. The molecule has 0 fully saturated rings. The Bertz CT molecular complexity index is 1860. The van der Waals surface area contributed by atoms with E-state index in [1.54, 1.807) is 17.1 Å². The fourth-order valence-electron chi connectivity index (χ4n) is 6.41. The number of hydrogen-bond donors (Lipinski definition) is 0. The fourth-order valence-corrected chi connectivity index (χ4v) is 6.53. The van der Waals surface area contributed by atoms with Crippen LogP contribution < -0.4 is 0 Å². The summed E-state index contributed by atoms with van der Waals surface area (Å²) in [6, 6.07) is 25.1. The standard InChI is InChI=1S/C35H31ClN4O4/c1-20-16-22(3)29(23(4)17-20)31-38-43-34(27-10-8-7-9-11-27)35(41-32(37-40(31)34)26-12-14-28(36)15-13-26)42-33(39-44-35)30-24(5)18-21(2)19-25(30)6/h7-19H,1-6H3. The third kappa shape index (κ3) is 4.16. The zero-order chi connectivity index (χ0) is 30.8. The molecule has 44 heavy (non-hydrogen) atoms. The van der Waals surface area contributed by atoms with Gasteiger partial charge in [0.05, 0.1) is 0 Å². The number of rotatable bonds is 4. The SMILES string of the molecule is Cc1cc(C)c(C2=NOC3(OC(c4ccc(Cl)cc4)=NN4C(c5c(C)cc(C)cc5C)=NOC43c3ccccc3)O2)c(C)c1. The summed E-state index contributed by atoms with van der Waals surface area (Å²) in [5.74, 6) is -1.00. The van der Waals surface area contributed by atoms with Crippen LogP contribution >= 0.6 is 11.6 Å². The van der Waals surface area contributed by atoms with Gasteiger partial charge in [-0.2, -0.15) is 5.01 Å². The van der Waals surface area contributed by atoms with Gasteiger partial charge in [0.1, 0.15) is 0 Å². The minimum atomic E-state index is -1.98. The average Bonchev–Trinajstić information content (AvgIpc) is 3.57. The Morgan fingerprint density at radius 2 is 1.20 bits per heavy atom. The molecule has 4 aromatic rings. The van der Waals surface area contributed by atoms with Gasteiger partial charge in [-0.1, -0.05) is 82.5 Å². The van der Waals surface area contributed by atoms with E-state index in [1.165, 1.54) is 0 Å². The number of benzene rings is 4. The zero-order valence-electron chi connectivity index (χ0n) is 25.3. The lowest BCUT2D eigenvalue weighted by molar-refractivity contribution is -0.419. The first-order chi connectivity index (χ1) is 21.1. The Morgan fingerprint density at radius 1 is 0.636 bits per heavy atom. The van der Waals surface area contributed by atoms with Gasteiger partial charge in [0.15, 0.2) is 0 Å². The molecule has 1 spiro atoms. The number of amidine groups is 1. The van der Waals surface area contributed by atoms with Crippen LogP contribution in [0.4, 0.5) is 0 Å². The van der Waals surface area contributed by atoms with Gasteiger partial charge in [-0.05, 0) is 93.2 Å². The summed E-state index contributed by atoms with van der Waals surface area (Å²) in [4.78, 5) is 12.8. The molecule has 0 saturated carbocycles. The minimum absolute atomic E-state index is 0.225. The maximum absolute atomic E-state index is 6.75. The van der Waals surface area contributed by atoms with Gasteiger partial charge in [-0.15, -0.1) is 5.10 Å². The predicted octanol–water partition coefficient (Wildman–Crippen LogP) is 7.49. The molecular weight excluding hydrogens is 576 g/mol. The van der Waals surface area contributed by atoms with E-state index in [9.17, 15) is 0 Å². The lowest BCUT2D eigenvalue weighted by Gasteiger charge is -2.45. The van der Waals surface area contributed by atoms with Gasteiger partial charge in [0.25, 0.3) is 5.90 Å². The van der Waals surface area contributed by atoms with Crippen molar-refractivity contribution in [3.05, 3.63) is 140 Å². The molecule has 2 unspecified atom stereocenters. The van der Waals surface area contributed by atoms with Crippen LogP contribution in [0.3, 0.4) is 0 Å². The first-order valence-electron chi connectivity index (χ1n) is 14.4. The van der Waals surface area contributed by atoms with Crippen LogP contribution in [0.2, 0.25) is 5.02 Å². The quantitative estimate of drug-likeness (QED) is 0.240. The molecule has 7 rings (SSSR count). The first-order valence-corrected chi connectivity index (χ1v) is 14.8. The van der Waals surface area contributed by atoms with Crippen LogP contribution in [-0.4, -0.2) is 28.6 Å². The maximum atomic E-state index is 6.75. The largest absolute Gasteiger partial charge is 0.512 e. The van der Waals surface area contributed by atoms with E-state index < -0.39 is 11.7 Å². The second kappa shape index (κ2) is 10.1. The fraction of sp³-hybridized carbons (Fsp3) is 0.229. The maximum Gasteiger partial charge on any atom is 0.512 e. The number of ether oxygens (including phenoxy) is 2. The molecule has 0 bridgehead atoms. The smallest absolute Gasteiger partial charge is 0.394 e. The van der Waals surface area contributed by atoms with E-state index in [4.69, 9.17) is 35.9 Å². The summed E-state index contributed by atoms with van der Waals surface area (Å²) < 4.78 is 13.4. The monoisotopic (exact) mass is 606 g/mol. The van der Waals surface area contributed by atoms with E-state index in [0.29, 0.717) is 22.0 Å². The van der Waals surface area contributed by atoms with Crippen LogP contribution in [0.1, 0.15) is 55.6 Å². The van der Waals surface area contributed by atoms with Crippen molar-refractivity contribution in [2.45, 2.75) is 53.2 Å². The molecule has 0 radical (unpaired) electrons. The molecule has 2 atom stereocenters. The van der Waals surface area contributed by atoms with Crippen LogP contribution in [-0.2, 0) is 24.9 Å². The molecule has 8 nitrogen and oxygen atoms in total. The van der Waals surface area contributed by atoms with Crippen molar-refractivity contribution < 1.29 is 19.1 Å². The molecule has 0 N–H and O–H groups in total. The van der Waals surface area contributed by atoms with Crippen molar-refractivity contribution in [2.24, 2.45) is 15.4 Å². The Morgan fingerprint density at radius 3 is 1.82 bits per heavy atom. The van der Waals surface area contributed by atoms with Gasteiger partial charge >= 0.3 is 11.7 Å². The van der Waals surface area contributed by atoms with Crippen LogP contribution in [0.15, 0.2) is 94.3 Å². The van der Waals surface area contributed by atoms with Crippen molar-refractivity contribution in [3.63, 3.8) is 0 Å². The molecule has 222 valence electrons. The molecular formula is C35H31ClN4O4. The highest BCUT2D eigenvalue weighted by Gasteiger charge is 2.76. The Hall–Kier alpha value is -4.82. The number of nitrogens with zero attached hydrogens (tertiary/aromatic N) is 4. The third-order valence-corrected chi connectivity index (χ3v) is 8.38.